The Balaban J connectivity index is 0.000000524. The molecule has 12 nitrogen and oxygen atoms in total. The van der Waals surface area contributed by atoms with Gasteiger partial charge in [0, 0.05) is 229 Å². The van der Waals surface area contributed by atoms with Crippen LogP contribution in [-0.2, 0) is 229 Å². The van der Waals surface area contributed by atoms with Gasteiger partial charge in [-0.25, -0.2) is 82.2 Å². The molecule has 0 aromatic carbocycles. The van der Waals surface area contributed by atoms with Gasteiger partial charge in [-0.05, 0) is 30.4 Å². The summed E-state index contributed by atoms with van der Waals surface area (Å²) in [6, 6.07) is 44.1. The molecular formula is C70H65N9O3S2Y7-14. The first-order valence-electron chi connectivity index (χ1n) is 27.0. The summed E-state index contributed by atoms with van der Waals surface area (Å²) in [5.74, 6) is 4.47. The summed E-state index contributed by atoms with van der Waals surface area (Å²) in [5, 5.41) is 3.99. The first kappa shape index (κ1) is 87.6. The minimum Gasteiger partial charge on any atom is -0.602 e. The van der Waals surface area contributed by atoms with E-state index in [4.69, 9.17) is 13.3 Å². The van der Waals surface area contributed by atoms with Crippen molar-refractivity contribution in [1.29, 1.82) is 0 Å². The van der Waals surface area contributed by atoms with Gasteiger partial charge in [0.1, 0.15) is 0 Å². The molecule has 14 heterocycles. The van der Waals surface area contributed by atoms with E-state index in [0.717, 1.165) is 129 Å². The normalized spacial score (nSPS) is 11.3. The van der Waals surface area contributed by atoms with Gasteiger partial charge in [-0.2, -0.15) is 86.3 Å². The average molecular weight is 1770 g/mol. The SMILES string of the molecule is CC1=NC(c2[c-]ccs2)=[C-]C1C.Cc1[c-]c(-c2[c-]cc[nH]2)[nH]c1C.Cc1[c-]c(-c2[c-]cc[nH]2)oc1C.Cc1[c-]c(-c2[c-]cco2)[nH]c1C.Cc1[c-]c(-c2[c-]ccs2)oc1C.Cc1[nH][c-]c(-c2[c-][nH]cc2)c1C.Cc1[nH][c-]c(-c2[c-]cc[nH]2)c1C.[Y].[Y].[Y].[Y].[Y].[Y].[Y]. The Morgan fingerprint density at radius 3 is 1.35 bits per heavy atom. The van der Waals surface area contributed by atoms with E-state index in [1.54, 1.807) is 35.0 Å². The summed E-state index contributed by atoms with van der Waals surface area (Å²) >= 11 is 3.28. The molecule has 7 radical (unpaired) electrons. The van der Waals surface area contributed by atoms with E-state index >= 15 is 0 Å². The van der Waals surface area contributed by atoms with E-state index in [-0.39, 0.29) is 229 Å². The summed E-state index contributed by atoms with van der Waals surface area (Å²) in [7, 11) is 0. The third-order valence-electron chi connectivity index (χ3n) is 13.6. The Morgan fingerprint density at radius 2 is 0.956 bits per heavy atom. The van der Waals surface area contributed by atoms with Crippen LogP contribution in [0.1, 0.15) is 86.4 Å². The predicted molar refractivity (Wildman–Crippen MR) is 336 cm³/mol. The van der Waals surface area contributed by atoms with Crippen molar-refractivity contribution in [2.45, 2.75) is 96.9 Å². The van der Waals surface area contributed by atoms with Gasteiger partial charge in [-0.1, -0.05) is 125 Å². The van der Waals surface area contributed by atoms with E-state index in [2.05, 4.69) is 151 Å². The Hall–Kier alpha value is -1.38. The fraction of sp³-hybridized carbons (Fsp3) is 0.214. The van der Waals surface area contributed by atoms with Crippen LogP contribution in [0.2, 0.25) is 0 Å². The zero-order chi connectivity index (χ0) is 59.9. The van der Waals surface area contributed by atoms with Gasteiger partial charge in [0.15, 0.2) is 0 Å². The molecule has 0 spiro atoms. The zero-order valence-electron chi connectivity index (χ0n) is 53.7. The molecule has 0 saturated carbocycles. The predicted octanol–water partition coefficient (Wildman–Crippen LogP) is 17.7. The van der Waals surface area contributed by atoms with Crippen molar-refractivity contribution in [1.82, 2.24) is 39.9 Å². The van der Waals surface area contributed by atoms with Crippen molar-refractivity contribution in [3.8, 4) is 67.3 Å². The maximum atomic E-state index is 5.48. The molecular weight excluding hydrogens is 1700 g/mol. The fourth-order valence-electron chi connectivity index (χ4n) is 7.82. The fourth-order valence-corrected chi connectivity index (χ4v) is 9.05. The Labute approximate surface area is 721 Å². The minimum absolute atomic E-state index is 0. The van der Waals surface area contributed by atoms with Crippen molar-refractivity contribution in [3.05, 3.63) is 242 Å². The first-order valence-corrected chi connectivity index (χ1v) is 28.8. The van der Waals surface area contributed by atoms with Gasteiger partial charge in [0.05, 0.1) is 0 Å². The zero-order valence-corrected chi connectivity index (χ0v) is 75.2. The maximum absolute atomic E-state index is 5.48. The second-order valence-electron chi connectivity index (χ2n) is 19.6. The van der Waals surface area contributed by atoms with Crippen molar-refractivity contribution >= 4 is 34.1 Å². The molecule has 21 heteroatoms. The van der Waals surface area contributed by atoms with Crippen LogP contribution in [0.3, 0.4) is 0 Å². The minimum atomic E-state index is 0. The van der Waals surface area contributed by atoms with E-state index in [1.807, 2.05) is 148 Å². The summed E-state index contributed by atoms with van der Waals surface area (Å²) in [5.41, 5.74) is 21.5. The molecule has 0 saturated heterocycles. The van der Waals surface area contributed by atoms with Gasteiger partial charge in [0.2, 0.25) is 0 Å². The molecule has 0 aliphatic carbocycles. The van der Waals surface area contributed by atoms with E-state index in [1.165, 1.54) is 16.8 Å². The molecule has 0 bridgehead atoms. The number of nitrogens with one attached hydrogen (secondary N) is 8. The molecule has 14 rings (SSSR count). The van der Waals surface area contributed by atoms with Gasteiger partial charge < -0.3 is 86.9 Å². The maximum Gasteiger partial charge on any atom is 0 e. The Bertz CT molecular complexity index is 3620. The number of hydrogen-bond acceptors (Lipinski definition) is 6. The number of aliphatic imine (C=N–C) groups is 1. The van der Waals surface area contributed by atoms with E-state index in [0.29, 0.717) is 11.7 Å². The van der Waals surface area contributed by atoms with Gasteiger partial charge >= 0.3 is 0 Å². The molecule has 1 unspecified atom stereocenters. The van der Waals surface area contributed by atoms with Crippen molar-refractivity contribution < 1.29 is 242 Å². The van der Waals surface area contributed by atoms with Crippen molar-refractivity contribution in [2.24, 2.45) is 10.9 Å². The smallest absolute Gasteiger partial charge is 0 e. The van der Waals surface area contributed by atoms with Crippen LogP contribution in [0, 0.1) is 174 Å². The monoisotopic (exact) mass is 1770 g/mol. The number of nitrogens with zero attached hydrogens (tertiary/aromatic N) is 1. The number of allylic oxidation sites excluding steroid dienone is 1. The van der Waals surface area contributed by atoms with Crippen LogP contribution >= 0.6 is 22.7 Å². The summed E-state index contributed by atoms with van der Waals surface area (Å²) in [6.07, 6.45) is 21.5. The number of thiophene rings is 2. The molecule has 13 aromatic heterocycles. The van der Waals surface area contributed by atoms with Crippen molar-refractivity contribution in [3.63, 3.8) is 0 Å². The quantitative estimate of drug-likeness (QED) is 0.0742. The number of rotatable bonds is 7. The van der Waals surface area contributed by atoms with Crippen LogP contribution in [0.4, 0.5) is 0 Å². The standard InChI is InChI=1S/3C10H10N2.2C10H9NO.C10H9NS.C10H8OS.7Y/c1-7-8(2)12-6-10(7)9-3-4-11-5-9;1-7-8(2)12-6-9(7)10-4-3-5-11-10;1-7-6-10(12-8(7)2)9-4-3-5-11-9;1-7-6-9(11-8(7)2)10-4-3-5-12-10;1-7-6-10(12-8(7)2)9-4-3-5-11-9;2*1-7-6-9(11-8(7)2)10-4-3-5-12-10;;;;;;;/h3-4,11-12H,1-2H3;2*3,5,11-12H,1-2H3;2*3,5,11H,1-2H3;3,5,7H,1-2H3;3,5H,1-2H3;;;;;;;/q7*-2;;;;;;;. The van der Waals surface area contributed by atoms with Crippen LogP contribution in [-0.4, -0.2) is 45.6 Å². The van der Waals surface area contributed by atoms with Crippen LogP contribution in [0.15, 0.2) is 103 Å². The molecule has 8 N–H and O–H groups in total. The van der Waals surface area contributed by atoms with E-state index < -0.39 is 0 Å². The largest absolute Gasteiger partial charge is 0.602 e. The van der Waals surface area contributed by atoms with Crippen LogP contribution in [0.5, 0.6) is 0 Å². The second kappa shape index (κ2) is 43.8. The van der Waals surface area contributed by atoms with Crippen LogP contribution < -0.4 is 0 Å². The summed E-state index contributed by atoms with van der Waals surface area (Å²) in [6.45, 7) is 28.3. The number of H-pyrrole nitrogens is 8. The topological polar surface area (TPSA) is 178 Å². The van der Waals surface area contributed by atoms with Gasteiger partial charge in [0.25, 0.3) is 0 Å². The molecule has 1 atom stereocenters. The Morgan fingerprint density at radius 1 is 0.451 bits per heavy atom. The molecule has 455 valence electrons. The molecule has 91 heavy (non-hydrogen) atoms. The summed E-state index contributed by atoms with van der Waals surface area (Å²) in [4.78, 5) is 31.1. The number of hydrogen-bond donors (Lipinski definition) is 8. The molecule has 0 amide bonds. The van der Waals surface area contributed by atoms with Crippen molar-refractivity contribution in [2.75, 3.05) is 0 Å². The molecule has 1 aliphatic rings. The first-order chi connectivity index (χ1) is 40.4. The molecule has 13 aromatic rings. The van der Waals surface area contributed by atoms with E-state index in [9.17, 15) is 0 Å². The van der Waals surface area contributed by atoms with Gasteiger partial charge in [-0.3, -0.25) is 6.07 Å². The number of aryl methyl sites for hydroxylation is 10. The van der Waals surface area contributed by atoms with Gasteiger partial charge in [-0.15, -0.1) is 88.0 Å². The molecule has 1 aliphatic heterocycles. The third-order valence-corrected chi connectivity index (χ3v) is 15.3. The number of aromatic nitrogens is 8. The summed E-state index contributed by atoms with van der Waals surface area (Å²) < 4.78 is 16.1. The average Bonchev–Trinajstić information content (AvgIpc) is 3.58. The Kier molecular flexibility index (Phi) is 42.2. The number of furan rings is 3. The number of aromatic amines is 8. The third kappa shape index (κ3) is 25.5. The second-order valence-corrected chi connectivity index (χ2v) is 21.5. The molecule has 0 fully saturated rings. The van der Waals surface area contributed by atoms with Crippen LogP contribution in [0.25, 0.3) is 73.0 Å².